The van der Waals surface area contributed by atoms with Gasteiger partial charge in [0.2, 0.25) is 5.91 Å². The van der Waals surface area contributed by atoms with E-state index in [-0.39, 0.29) is 30.8 Å². The van der Waals surface area contributed by atoms with Crippen LogP contribution in [0.25, 0.3) is 0 Å². The van der Waals surface area contributed by atoms with Crippen molar-refractivity contribution >= 4 is 17.8 Å². The topological polar surface area (TPSA) is 142 Å². The number of hydrogen-bond donors (Lipinski definition) is 4. The Morgan fingerprint density at radius 2 is 2.00 bits per heavy atom. The summed E-state index contributed by atoms with van der Waals surface area (Å²) >= 11 is 0. The molecule has 164 valence electrons. The van der Waals surface area contributed by atoms with E-state index in [0.717, 1.165) is 11.1 Å². The van der Waals surface area contributed by atoms with Crippen LogP contribution in [0.3, 0.4) is 0 Å². The summed E-state index contributed by atoms with van der Waals surface area (Å²) in [5.41, 5.74) is 2.79. The standard InChI is InChI=1S/C21H27NO8/c1-10(6-8-15(24)22-17(12(3)23)20(26)27)5-7-13-18(25)16-14(9-30-21(16)28)11(2)19(13)29-4/h5,12,17,23,25H,6-9H2,1-4H3,(H,22,24)(H,26,27)/b10-5+/t12-,17+/m1/s1. The number of carbonyl (C=O) groups excluding carboxylic acids is 2. The van der Waals surface area contributed by atoms with Crippen molar-refractivity contribution in [1.82, 2.24) is 5.32 Å². The monoisotopic (exact) mass is 421 g/mol. The van der Waals surface area contributed by atoms with E-state index in [1.54, 1.807) is 19.9 Å². The number of methoxy groups -OCH3 is 1. The lowest BCUT2D eigenvalue weighted by Gasteiger charge is -2.17. The van der Waals surface area contributed by atoms with E-state index in [9.17, 15) is 24.6 Å². The second-order valence-corrected chi connectivity index (χ2v) is 7.29. The highest BCUT2D eigenvalue weighted by Gasteiger charge is 2.32. The van der Waals surface area contributed by atoms with Crippen LogP contribution < -0.4 is 10.1 Å². The molecule has 1 aliphatic rings. The summed E-state index contributed by atoms with van der Waals surface area (Å²) < 4.78 is 10.5. The van der Waals surface area contributed by atoms with Crippen molar-refractivity contribution < 1.29 is 39.2 Å². The van der Waals surface area contributed by atoms with E-state index in [4.69, 9.17) is 14.6 Å². The number of carbonyl (C=O) groups is 3. The number of aromatic hydroxyl groups is 1. The van der Waals surface area contributed by atoms with Crippen LogP contribution in [0.4, 0.5) is 0 Å². The number of fused-ring (bicyclic) bond motifs is 1. The van der Waals surface area contributed by atoms with Crippen molar-refractivity contribution in [2.45, 2.75) is 58.8 Å². The Kier molecular flexibility index (Phi) is 7.44. The first kappa shape index (κ1) is 23.2. The summed E-state index contributed by atoms with van der Waals surface area (Å²) in [5.74, 6) is -2.06. The molecule has 2 rings (SSSR count). The third-order valence-electron chi connectivity index (χ3n) is 5.11. The van der Waals surface area contributed by atoms with Crippen LogP contribution in [0.2, 0.25) is 0 Å². The molecule has 0 fully saturated rings. The molecule has 1 amide bonds. The van der Waals surface area contributed by atoms with Gasteiger partial charge in [0.05, 0.1) is 13.2 Å². The van der Waals surface area contributed by atoms with E-state index in [0.29, 0.717) is 23.3 Å². The minimum atomic E-state index is -1.36. The fourth-order valence-electron chi connectivity index (χ4n) is 3.35. The number of amides is 1. The molecule has 4 N–H and O–H groups in total. The molecule has 1 aliphatic heterocycles. The normalized spacial score (nSPS) is 15.2. The molecule has 9 nitrogen and oxygen atoms in total. The average molecular weight is 421 g/mol. The summed E-state index contributed by atoms with van der Waals surface area (Å²) in [6, 6.07) is -1.36. The van der Waals surface area contributed by atoms with Crippen LogP contribution in [-0.2, 0) is 27.4 Å². The zero-order valence-electron chi connectivity index (χ0n) is 17.4. The first-order chi connectivity index (χ1) is 14.1. The predicted octanol–water partition coefficient (Wildman–Crippen LogP) is 1.60. The van der Waals surface area contributed by atoms with E-state index in [2.05, 4.69) is 5.32 Å². The van der Waals surface area contributed by atoms with Gasteiger partial charge in [-0.1, -0.05) is 11.6 Å². The maximum Gasteiger partial charge on any atom is 0.342 e. The number of allylic oxidation sites excluding steroid dienone is 2. The maximum absolute atomic E-state index is 12.0. The summed E-state index contributed by atoms with van der Waals surface area (Å²) in [4.78, 5) is 35.0. The number of aliphatic carboxylic acids is 1. The number of carboxylic acids is 1. The number of ether oxygens (including phenoxy) is 2. The fraction of sp³-hybridized carbons (Fsp3) is 0.476. The summed E-state index contributed by atoms with van der Waals surface area (Å²) in [7, 11) is 1.48. The summed E-state index contributed by atoms with van der Waals surface area (Å²) in [6.07, 6.45) is 1.26. The molecule has 0 unspecified atom stereocenters. The van der Waals surface area contributed by atoms with E-state index >= 15 is 0 Å². The number of aliphatic hydroxyl groups is 1. The lowest BCUT2D eigenvalue weighted by atomic mass is 9.94. The Balaban J connectivity index is 2.10. The Hall–Kier alpha value is -3.07. The third-order valence-corrected chi connectivity index (χ3v) is 5.11. The fourth-order valence-corrected chi connectivity index (χ4v) is 3.35. The number of esters is 1. The number of benzene rings is 1. The van der Waals surface area contributed by atoms with Gasteiger partial charge in [0.25, 0.3) is 0 Å². The number of phenolic OH excluding ortho intramolecular Hbond substituents is 1. The van der Waals surface area contributed by atoms with Gasteiger partial charge in [-0.3, -0.25) is 4.79 Å². The van der Waals surface area contributed by atoms with Crippen LogP contribution in [0.15, 0.2) is 11.6 Å². The molecule has 0 radical (unpaired) electrons. The number of carboxylic acid groups (broad SMARTS) is 1. The molecule has 0 bridgehead atoms. The quantitative estimate of drug-likeness (QED) is 0.348. The molecular formula is C21H27NO8. The van der Waals surface area contributed by atoms with Gasteiger partial charge < -0.3 is 30.1 Å². The molecule has 2 atom stereocenters. The number of hydrogen-bond acceptors (Lipinski definition) is 7. The molecule has 30 heavy (non-hydrogen) atoms. The number of phenols is 1. The highest BCUT2D eigenvalue weighted by atomic mass is 16.5. The van der Waals surface area contributed by atoms with Crippen LogP contribution in [0.5, 0.6) is 11.5 Å². The highest BCUT2D eigenvalue weighted by molar-refractivity contribution is 5.98. The van der Waals surface area contributed by atoms with Gasteiger partial charge in [0.15, 0.2) is 6.04 Å². The van der Waals surface area contributed by atoms with Gasteiger partial charge in [-0.05, 0) is 39.2 Å². The van der Waals surface area contributed by atoms with Crippen molar-refractivity contribution in [2.24, 2.45) is 0 Å². The molecule has 1 aromatic rings. The summed E-state index contributed by atoms with van der Waals surface area (Å²) in [6.45, 7) is 4.98. The van der Waals surface area contributed by atoms with E-state index < -0.39 is 30.0 Å². The molecule has 1 aromatic carbocycles. The van der Waals surface area contributed by atoms with Gasteiger partial charge in [-0.25, -0.2) is 9.59 Å². The first-order valence-electron chi connectivity index (χ1n) is 9.52. The van der Waals surface area contributed by atoms with Crippen LogP contribution in [0.1, 0.15) is 53.7 Å². The number of nitrogens with one attached hydrogen (secondary N) is 1. The summed E-state index contributed by atoms with van der Waals surface area (Å²) in [5, 5.41) is 31.3. The molecule has 0 spiro atoms. The Bertz CT molecular complexity index is 888. The second-order valence-electron chi connectivity index (χ2n) is 7.29. The van der Waals surface area contributed by atoms with Crippen molar-refractivity contribution in [1.29, 1.82) is 0 Å². The smallest absolute Gasteiger partial charge is 0.342 e. The van der Waals surface area contributed by atoms with E-state index in [1.807, 2.05) is 0 Å². The highest BCUT2D eigenvalue weighted by Crippen LogP contribution is 2.42. The van der Waals surface area contributed by atoms with Crippen LogP contribution in [0, 0.1) is 6.92 Å². The molecule has 1 heterocycles. The molecule has 0 saturated heterocycles. The number of aliphatic hydroxyl groups excluding tert-OH is 1. The van der Waals surface area contributed by atoms with Gasteiger partial charge >= 0.3 is 11.9 Å². The van der Waals surface area contributed by atoms with Crippen molar-refractivity contribution in [2.75, 3.05) is 7.11 Å². The Labute approximate surface area is 174 Å². The van der Waals surface area contributed by atoms with Crippen LogP contribution >= 0.6 is 0 Å². The third kappa shape index (κ3) is 4.91. The molecule has 0 aliphatic carbocycles. The molecule has 0 saturated carbocycles. The maximum atomic E-state index is 12.0. The van der Waals surface area contributed by atoms with Crippen molar-refractivity contribution in [3.63, 3.8) is 0 Å². The largest absolute Gasteiger partial charge is 0.507 e. The lowest BCUT2D eigenvalue weighted by Crippen LogP contribution is -2.47. The van der Waals surface area contributed by atoms with Crippen molar-refractivity contribution in [3.8, 4) is 11.5 Å². The molecular weight excluding hydrogens is 394 g/mol. The Morgan fingerprint density at radius 3 is 2.57 bits per heavy atom. The zero-order valence-corrected chi connectivity index (χ0v) is 17.4. The second kappa shape index (κ2) is 9.62. The van der Waals surface area contributed by atoms with Gasteiger partial charge in [0.1, 0.15) is 23.7 Å². The first-order valence-corrected chi connectivity index (χ1v) is 9.52. The zero-order chi connectivity index (χ0) is 22.6. The SMILES string of the molecule is COc1c(C)c2c(c(O)c1C/C=C(\C)CCC(=O)N[C@H](C(=O)O)[C@@H](C)O)C(=O)OC2. The number of rotatable bonds is 9. The Morgan fingerprint density at radius 1 is 1.33 bits per heavy atom. The van der Waals surface area contributed by atoms with Crippen molar-refractivity contribution in [3.05, 3.63) is 33.9 Å². The van der Waals surface area contributed by atoms with Gasteiger partial charge in [-0.2, -0.15) is 0 Å². The predicted molar refractivity (Wildman–Crippen MR) is 106 cm³/mol. The number of cyclic esters (lactones) is 1. The van der Waals surface area contributed by atoms with Gasteiger partial charge in [-0.15, -0.1) is 0 Å². The van der Waals surface area contributed by atoms with Gasteiger partial charge in [0, 0.05) is 17.5 Å². The molecule has 9 heteroatoms. The van der Waals surface area contributed by atoms with E-state index in [1.165, 1.54) is 14.0 Å². The lowest BCUT2D eigenvalue weighted by molar-refractivity contribution is -0.144. The minimum absolute atomic E-state index is 0.0392. The average Bonchev–Trinajstić information content (AvgIpc) is 3.07. The van der Waals surface area contributed by atoms with Crippen LogP contribution in [-0.4, -0.2) is 52.4 Å². The minimum Gasteiger partial charge on any atom is -0.507 e. The molecule has 0 aromatic heterocycles.